The molecule has 112 valence electrons. The lowest BCUT2D eigenvalue weighted by Gasteiger charge is -2.33. The Morgan fingerprint density at radius 1 is 1.19 bits per heavy atom. The van der Waals surface area contributed by atoms with Crippen molar-refractivity contribution in [1.29, 1.82) is 0 Å². The molecule has 0 atom stereocenters. The summed E-state index contributed by atoms with van der Waals surface area (Å²) in [5.41, 5.74) is 8.17. The summed E-state index contributed by atoms with van der Waals surface area (Å²) in [6.07, 6.45) is 2.70. The van der Waals surface area contributed by atoms with Gasteiger partial charge in [0.15, 0.2) is 0 Å². The number of thiophene rings is 1. The van der Waals surface area contributed by atoms with Gasteiger partial charge in [0.05, 0.1) is 0 Å². The number of hydrogen-bond acceptors (Lipinski definition) is 3. The van der Waals surface area contributed by atoms with Gasteiger partial charge in [-0.15, -0.1) is 11.3 Å². The second-order valence-electron chi connectivity index (χ2n) is 6.72. The van der Waals surface area contributed by atoms with E-state index in [-0.39, 0.29) is 5.41 Å². The third-order valence-electron chi connectivity index (χ3n) is 4.29. The summed E-state index contributed by atoms with van der Waals surface area (Å²) >= 11 is 1.86. The highest BCUT2D eigenvalue weighted by Gasteiger charge is 2.33. The number of anilines is 1. The Kier molecular flexibility index (Phi) is 4.05. The van der Waals surface area contributed by atoms with Crippen LogP contribution in [-0.2, 0) is 12.0 Å². The first kappa shape index (κ1) is 14.6. The first-order valence-electron chi connectivity index (χ1n) is 7.67. The molecule has 0 amide bonds. The molecule has 3 rings (SSSR count). The van der Waals surface area contributed by atoms with Gasteiger partial charge in [0.2, 0.25) is 0 Å². The Hall–Kier alpha value is -1.32. The molecule has 0 spiro atoms. The highest BCUT2D eigenvalue weighted by atomic mass is 32.1. The van der Waals surface area contributed by atoms with Gasteiger partial charge in [0.1, 0.15) is 0 Å². The topological polar surface area (TPSA) is 29.3 Å². The van der Waals surface area contributed by atoms with E-state index in [4.69, 9.17) is 5.73 Å². The van der Waals surface area contributed by atoms with Crippen molar-refractivity contribution in [2.24, 2.45) is 0 Å². The third-order valence-corrected chi connectivity index (χ3v) is 5.15. The third kappa shape index (κ3) is 3.66. The van der Waals surface area contributed by atoms with Crippen LogP contribution in [0.4, 0.5) is 5.69 Å². The minimum absolute atomic E-state index is 0.146. The van der Waals surface area contributed by atoms with E-state index in [1.54, 1.807) is 0 Å². The number of rotatable bonds is 6. The molecule has 1 heterocycles. The molecule has 0 bridgehead atoms. The normalized spacial score (nSPS) is 15.6. The second-order valence-corrected chi connectivity index (χ2v) is 7.75. The summed E-state index contributed by atoms with van der Waals surface area (Å²) in [7, 11) is 0. The van der Waals surface area contributed by atoms with E-state index in [2.05, 4.69) is 48.4 Å². The van der Waals surface area contributed by atoms with E-state index < -0.39 is 0 Å². The Labute approximate surface area is 131 Å². The smallest absolute Gasteiger partial charge is 0.0331 e. The van der Waals surface area contributed by atoms with Crippen molar-refractivity contribution < 1.29 is 0 Å². The van der Waals surface area contributed by atoms with Gasteiger partial charge in [-0.05, 0) is 42.0 Å². The molecule has 1 aromatic heterocycles. The van der Waals surface area contributed by atoms with Crippen molar-refractivity contribution in [2.75, 3.05) is 12.3 Å². The lowest BCUT2D eigenvalue weighted by molar-refractivity contribution is 0.208. The first-order chi connectivity index (χ1) is 10.0. The fraction of sp³-hybridized carbons (Fsp3) is 0.444. The van der Waals surface area contributed by atoms with Gasteiger partial charge in [0.25, 0.3) is 0 Å². The van der Waals surface area contributed by atoms with Crippen LogP contribution < -0.4 is 5.73 Å². The Balaban J connectivity index is 1.73. The van der Waals surface area contributed by atoms with Crippen LogP contribution in [-0.4, -0.2) is 17.5 Å². The van der Waals surface area contributed by atoms with Crippen LogP contribution in [0.5, 0.6) is 0 Å². The maximum atomic E-state index is 5.81. The van der Waals surface area contributed by atoms with Crippen LogP contribution in [0.1, 0.15) is 37.1 Å². The molecule has 0 saturated heterocycles. The van der Waals surface area contributed by atoms with E-state index >= 15 is 0 Å². The average molecular weight is 300 g/mol. The van der Waals surface area contributed by atoms with Gasteiger partial charge in [-0.3, -0.25) is 4.90 Å². The largest absolute Gasteiger partial charge is 0.399 e. The zero-order valence-electron chi connectivity index (χ0n) is 12.9. The van der Waals surface area contributed by atoms with Gasteiger partial charge in [-0.1, -0.05) is 32.0 Å². The van der Waals surface area contributed by atoms with E-state index in [0.717, 1.165) is 24.8 Å². The molecule has 0 radical (unpaired) electrons. The number of nitrogen functional groups attached to an aromatic ring is 1. The van der Waals surface area contributed by atoms with Crippen LogP contribution in [0, 0.1) is 0 Å². The summed E-state index contributed by atoms with van der Waals surface area (Å²) in [6.45, 7) is 6.85. The predicted octanol–water partition coefficient (Wildman–Crippen LogP) is 4.27. The standard InChI is InChI=1S/C18H24N2S/c1-18(2,14-5-7-15(19)8-6-14)13-20(16-9-10-16)12-17-4-3-11-21-17/h3-8,11,16H,9-10,12-13,19H2,1-2H3. The lowest BCUT2D eigenvalue weighted by atomic mass is 9.84. The minimum atomic E-state index is 0.146. The zero-order valence-corrected chi connectivity index (χ0v) is 13.7. The molecule has 3 heteroatoms. The van der Waals surface area contributed by atoms with Gasteiger partial charge in [0, 0.05) is 35.1 Å². The van der Waals surface area contributed by atoms with Crippen LogP contribution in [0.15, 0.2) is 41.8 Å². The monoisotopic (exact) mass is 300 g/mol. The number of hydrogen-bond donors (Lipinski definition) is 1. The van der Waals surface area contributed by atoms with Gasteiger partial charge in [-0.25, -0.2) is 0 Å². The number of nitrogens with two attached hydrogens (primary N) is 1. The van der Waals surface area contributed by atoms with Gasteiger partial charge < -0.3 is 5.73 Å². The summed E-state index contributed by atoms with van der Waals surface area (Å²) in [4.78, 5) is 4.12. The Morgan fingerprint density at radius 2 is 1.90 bits per heavy atom. The molecule has 0 unspecified atom stereocenters. The van der Waals surface area contributed by atoms with E-state index in [1.807, 2.05) is 23.5 Å². The fourth-order valence-electron chi connectivity index (χ4n) is 2.89. The van der Waals surface area contributed by atoms with Crippen molar-refractivity contribution >= 4 is 17.0 Å². The highest BCUT2D eigenvalue weighted by molar-refractivity contribution is 7.09. The fourth-order valence-corrected chi connectivity index (χ4v) is 3.62. The molecule has 21 heavy (non-hydrogen) atoms. The summed E-state index contributed by atoms with van der Waals surface area (Å²) in [6, 6.07) is 13.5. The molecule has 2 aromatic rings. The van der Waals surface area contributed by atoms with Crippen LogP contribution in [0.3, 0.4) is 0 Å². The number of nitrogens with zero attached hydrogens (tertiary/aromatic N) is 1. The van der Waals surface area contributed by atoms with Crippen molar-refractivity contribution in [1.82, 2.24) is 4.90 Å². The molecule has 0 aliphatic heterocycles. The molecule has 1 fully saturated rings. The maximum absolute atomic E-state index is 5.81. The van der Waals surface area contributed by atoms with Crippen molar-refractivity contribution in [3.8, 4) is 0 Å². The first-order valence-corrected chi connectivity index (χ1v) is 8.55. The minimum Gasteiger partial charge on any atom is -0.399 e. The van der Waals surface area contributed by atoms with E-state index in [1.165, 1.54) is 23.3 Å². The van der Waals surface area contributed by atoms with Crippen molar-refractivity contribution in [3.05, 3.63) is 52.2 Å². The quantitative estimate of drug-likeness (QED) is 0.807. The average Bonchev–Trinajstić information content (AvgIpc) is 3.17. The molecule has 2 N–H and O–H groups in total. The molecule has 1 aliphatic rings. The molecule has 2 nitrogen and oxygen atoms in total. The second kappa shape index (κ2) is 5.82. The van der Waals surface area contributed by atoms with Crippen LogP contribution in [0.25, 0.3) is 0 Å². The molecular weight excluding hydrogens is 276 g/mol. The Bertz CT molecular complexity index is 568. The molecular formula is C18H24N2S. The highest BCUT2D eigenvalue weighted by Crippen LogP contribution is 2.34. The van der Waals surface area contributed by atoms with Crippen molar-refractivity contribution in [2.45, 2.75) is 44.7 Å². The predicted molar refractivity (Wildman–Crippen MR) is 91.6 cm³/mol. The molecule has 1 aliphatic carbocycles. The molecule has 1 aromatic carbocycles. The van der Waals surface area contributed by atoms with Crippen LogP contribution >= 0.6 is 11.3 Å². The van der Waals surface area contributed by atoms with Crippen LogP contribution in [0.2, 0.25) is 0 Å². The SMILES string of the molecule is CC(C)(CN(Cc1cccs1)C1CC1)c1ccc(N)cc1. The van der Waals surface area contributed by atoms with E-state index in [0.29, 0.717) is 0 Å². The summed E-state index contributed by atoms with van der Waals surface area (Å²) < 4.78 is 0. The summed E-state index contributed by atoms with van der Waals surface area (Å²) in [5.74, 6) is 0. The van der Waals surface area contributed by atoms with E-state index in [9.17, 15) is 0 Å². The molecule has 1 saturated carbocycles. The lowest BCUT2D eigenvalue weighted by Crippen LogP contribution is -2.37. The maximum Gasteiger partial charge on any atom is 0.0331 e. The van der Waals surface area contributed by atoms with Gasteiger partial charge in [-0.2, -0.15) is 0 Å². The summed E-state index contributed by atoms with van der Waals surface area (Å²) in [5, 5.41) is 2.17. The van der Waals surface area contributed by atoms with Crippen molar-refractivity contribution in [3.63, 3.8) is 0 Å². The van der Waals surface area contributed by atoms with Gasteiger partial charge >= 0.3 is 0 Å². The number of benzene rings is 1. The Morgan fingerprint density at radius 3 is 2.48 bits per heavy atom. The zero-order chi connectivity index (χ0) is 14.9.